The van der Waals surface area contributed by atoms with Crippen molar-refractivity contribution >= 4 is 0 Å². The molecule has 1 rings (SSSR count). The van der Waals surface area contributed by atoms with Gasteiger partial charge in [0.25, 0.3) is 0 Å². The molecule has 0 radical (unpaired) electrons. The molecule has 0 saturated heterocycles. The van der Waals surface area contributed by atoms with Crippen LogP contribution in [0, 0.1) is 0 Å². The molecule has 1 aromatic carbocycles. The van der Waals surface area contributed by atoms with Gasteiger partial charge in [0.1, 0.15) is 11.9 Å². The number of hydrogen-bond acceptors (Lipinski definition) is 2. The smallest absolute Gasteiger partial charge is 0.137 e. The average Bonchev–Trinajstić information content (AvgIpc) is 2.29. The summed E-state index contributed by atoms with van der Waals surface area (Å²) in [6, 6.07) is 7.07. The molecular formula is C12H18FNO. The zero-order valence-corrected chi connectivity index (χ0v) is 9.08. The molecule has 0 amide bonds. The topological polar surface area (TPSA) is 35.2 Å². The van der Waals surface area contributed by atoms with E-state index in [1.165, 1.54) is 0 Å². The molecule has 0 bridgehead atoms. The molecule has 0 fully saturated rings. The van der Waals surface area contributed by atoms with Crippen LogP contribution in [0.5, 0.6) is 5.75 Å². The highest BCUT2D eigenvalue weighted by Gasteiger charge is 2.07. The molecule has 1 unspecified atom stereocenters. The fourth-order valence-electron chi connectivity index (χ4n) is 1.27. The van der Waals surface area contributed by atoms with Gasteiger partial charge < -0.3 is 10.5 Å². The van der Waals surface area contributed by atoms with Gasteiger partial charge >= 0.3 is 0 Å². The summed E-state index contributed by atoms with van der Waals surface area (Å²) in [5.74, 6) is 0.719. The molecule has 3 heteroatoms. The Morgan fingerprint density at radius 2 is 2.27 bits per heavy atom. The van der Waals surface area contributed by atoms with Gasteiger partial charge in [0.2, 0.25) is 0 Å². The van der Waals surface area contributed by atoms with Crippen LogP contribution in [0.2, 0.25) is 0 Å². The summed E-state index contributed by atoms with van der Waals surface area (Å²) in [5.41, 5.74) is 5.85. The summed E-state index contributed by atoms with van der Waals surface area (Å²) in [6.45, 7) is 2.80. The molecular weight excluding hydrogens is 193 g/mol. The van der Waals surface area contributed by atoms with Gasteiger partial charge in [0, 0.05) is 6.54 Å². The van der Waals surface area contributed by atoms with E-state index < -0.39 is 6.17 Å². The second kappa shape index (κ2) is 6.40. The van der Waals surface area contributed by atoms with Gasteiger partial charge in [0.15, 0.2) is 0 Å². The predicted octanol–water partition coefficient (Wildman–Crippen LogP) is 2.83. The molecule has 2 N–H and O–H groups in total. The fourth-order valence-corrected chi connectivity index (χ4v) is 1.27. The number of benzene rings is 1. The van der Waals surface area contributed by atoms with E-state index in [1.807, 2.05) is 6.07 Å². The van der Waals surface area contributed by atoms with E-state index in [1.54, 1.807) is 18.2 Å². The molecule has 0 heterocycles. The van der Waals surface area contributed by atoms with Crippen molar-refractivity contribution in [2.75, 3.05) is 13.2 Å². The van der Waals surface area contributed by atoms with Crippen LogP contribution in [0.1, 0.15) is 31.5 Å². The van der Waals surface area contributed by atoms with Crippen LogP contribution in [0.15, 0.2) is 24.3 Å². The third kappa shape index (κ3) is 3.88. The Morgan fingerprint density at radius 3 is 2.93 bits per heavy atom. The molecule has 0 aliphatic rings. The summed E-state index contributed by atoms with van der Waals surface area (Å²) >= 11 is 0. The number of unbranched alkanes of at least 4 members (excludes halogenated alkanes) is 1. The minimum Gasteiger partial charge on any atom is -0.494 e. The molecule has 84 valence electrons. The van der Waals surface area contributed by atoms with E-state index >= 15 is 0 Å². The van der Waals surface area contributed by atoms with Crippen molar-refractivity contribution in [3.63, 3.8) is 0 Å². The first kappa shape index (κ1) is 12.0. The van der Waals surface area contributed by atoms with Gasteiger partial charge in [-0.15, -0.1) is 0 Å². The van der Waals surface area contributed by atoms with E-state index in [0.717, 1.165) is 18.6 Å². The summed E-state index contributed by atoms with van der Waals surface area (Å²) in [7, 11) is 0. The van der Waals surface area contributed by atoms with Crippen LogP contribution >= 0.6 is 0 Å². The molecule has 1 atom stereocenters. The van der Waals surface area contributed by atoms with Crippen molar-refractivity contribution in [2.24, 2.45) is 5.73 Å². The Kier molecular flexibility index (Phi) is 5.12. The largest absolute Gasteiger partial charge is 0.494 e. The van der Waals surface area contributed by atoms with Crippen LogP contribution in [0.4, 0.5) is 4.39 Å². The van der Waals surface area contributed by atoms with Gasteiger partial charge in [-0.05, 0) is 24.1 Å². The minimum atomic E-state index is -1.10. The number of alkyl halides is 1. The van der Waals surface area contributed by atoms with Crippen LogP contribution in [0.3, 0.4) is 0 Å². The number of nitrogens with two attached hydrogens (primary N) is 1. The van der Waals surface area contributed by atoms with Crippen LogP contribution in [0.25, 0.3) is 0 Å². The van der Waals surface area contributed by atoms with E-state index in [-0.39, 0.29) is 6.54 Å². The Morgan fingerprint density at radius 1 is 1.47 bits per heavy atom. The SMILES string of the molecule is CCCCOc1cccc(C(F)CN)c1. The second-order valence-electron chi connectivity index (χ2n) is 3.48. The Hall–Kier alpha value is -1.09. The van der Waals surface area contributed by atoms with E-state index in [2.05, 4.69) is 6.92 Å². The number of halogens is 1. The lowest BCUT2D eigenvalue weighted by Gasteiger charge is -2.09. The highest BCUT2D eigenvalue weighted by Crippen LogP contribution is 2.21. The van der Waals surface area contributed by atoms with Crippen LogP contribution in [-0.4, -0.2) is 13.2 Å². The van der Waals surface area contributed by atoms with E-state index in [0.29, 0.717) is 12.2 Å². The van der Waals surface area contributed by atoms with Gasteiger partial charge in [-0.3, -0.25) is 0 Å². The molecule has 2 nitrogen and oxygen atoms in total. The summed E-state index contributed by atoms with van der Waals surface area (Å²) < 4.78 is 18.7. The predicted molar refractivity (Wildman–Crippen MR) is 59.7 cm³/mol. The highest BCUT2D eigenvalue weighted by molar-refractivity contribution is 5.30. The Bertz CT molecular complexity index is 291. The molecule has 0 spiro atoms. The Labute approximate surface area is 90.2 Å². The van der Waals surface area contributed by atoms with Gasteiger partial charge in [0.05, 0.1) is 6.61 Å². The average molecular weight is 211 g/mol. The van der Waals surface area contributed by atoms with E-state index in [9.17, 15) is 4.39 Å². The second-order valence-corrected chi connectivity index (χ2v) is 3.48. The van der Waals surface area contributed by atoms with Crippen molar-refractivity contribution in [3.8, 4) is 5.75 Å². The van der Waals surface area contributed by atoms with Crippen LogP contribution < -0.4 is 10.5 Å². The maximum absolute atomic E-state index is 13.3. The quantitative estimate of drug-likeness (QED) is 0.734. The lowest BCUT2D eigenvalue weighted by molar-refractivity contribution is 0.306. The molecule has 0 aliphatic heterocycles. The molecule has 0 aliphatic carbocycles. The van der Waals surface area contributed by atoms with E-state index in [4.69, 9.17) is 10.5 Å². The minimum absolute atomic E-state index is 0.0123. The van der Waals surface area contributed by atoms with Crippen molar-refractivity contribution in [1.29, 1.82) is 0 Å². The molecule has 1 aromatic rings. The van der Waals surface area contributed by atoms with Crippen LogP contribution in [-0.2, 0) is 0 Å². The summed E-state index contributed by atoms with van der Waals surface area (Å²) in [6.07, 6.45) is 1.01. The molecule has 0 aromatic heterocycles. The standard InChI is InChI=1S/C12H18FNO/c1-2-3-7-15-11-6-4-5-10(8-11)12(13)9-14/h4-6,8,12H,2-3,7,9,14H2,1H3. The number of hydrogen-bond donors (Lipinski definition) is 1. The normalized spacial score (nSPS) is 12.5. The zero-order chi connectivity index (χ0) is 11.1. The third-order valence-electron chi connectivity index (χ3n) is 2.19. The number of rotatable bonds is 6. The van der Waals surface area contributed by atoms with Crippen molar-refractivity contribution in [2.45, 2.75) is 25.9 Å². The zero-order valence-electron chi connectivity index (χ0n) is 9.08. The Balaban J connectivity index is 2.57. The molecule has 15 heavy (non-hydrogen) atoms. The first-order valence-corrected chi connectivity index (χ1v) is 5.34. The lowest BCUT2D eigenvalue weighted by Crippen LogP contribution is -2.07. The van der Waals surface area contributed by atoms with Gasteiger partial charge in [-0.1, -0.05) is 25.5 Å². The maximum atomic E-state index is 13.3. The first-order valence-electron chi connectivity index (χ1n) is 5.34. The highest BCUT2D eigenvalue weighted by atomic mass is 19.1. The van der Waals surface area contributed by atoms with Crippen molar-refractivity contribution in [3.05, 3.63) is 29.8 Å². The van der Waals surface area contributed by atoms with Gasteiger partial charge in [-0.2, -0.15) is 0 Å². The third-order valence-corrected chi connectivity index (χ3v) is 2.19. The summed E-state index contributed by atoms with van der Waals surface area (Å²) in [5, 5.41) is 0. The van der Waals surface area contributed by atoms with Crippen molar-refractivity contribution < 1.29 is 9.13 Å². The monoisotopic (exact) mass is 211 g/mol. The first-order chi connectivity index (χ1) is 7.27. The summed E-state index contributed by atoms with van der Waals surface area (Å²) in [4.78, 5) is 0. The fraction of sp³-hybridized carbons (Fsp3) is 0.500. The lowest BCUT2D eigenvalue weighted by atomic mass is 10.1. The van der Waals surface area contributed by atoms with Crippen molar-refractivity contribution in [1.82, 2.24) is 0 Å². The number of ether oxygens (including phenoxy) is 1. The maximum Gasteiger partial charge on any atom is 0.137 e. The molecule has 0 saturated carbocycles. The van der Waals surface area contributed by atoms with Gasteiger partial charge in [-0.25, -0.2) is 4.39 Å².